The summed E-state index contributed by atoms with van der Waals surface area (Å²) in [7, 11) is 0. The predicted molar refractivity (Wildman–Crippen MR) is 87.9 cm³/mol. The van der Waals surface area contributed by atoms with Crippen LogP contribution in [0.5, 0.6) is 5.75 Å². The molecule has 1 saturated heterocycles. The normalized spacial score (nSPS) is 17.6. The van der Waals surface area contributed by atoms with Gasteiger partial charge in [-0.05, 0) is 17.7 Å². The zero-order chi connectivity index (χ0) is 23.0. The number of alkyl halides is 6. The highest BCUT2D eigenvalue weighted by atomic mass is 35.5. The van der Waals surface area contributed by atoms with Crippen LogP contribution in [0.2, 0.25) is 5.02 Å². The molecule has 1 fully saturated rings. The fraction of sp³-hybridized carbons (Fsp3) is 0.312. The van der Waals surface area contributed by atoms with Gasteiger partial charge >= 0.3 is 24.5 Å². The van der Waals surface area contributed by atoms with Crippen LogP contribution >= 0.6 is 11.6 Å². The summed E-state index contributed by atoms with van der Waals surface area (Å²) in [4.78, 5) is 26.8. The molecule has 0 saturated carbocycles. The van der Waals surface area contributed by atoms with Gasteiger partial charge in [0, 0.05) is 0 Å². The first kappa shape index (κ1) is 22.5. The van der Waals surface area contributed by atoms with E-state index in [1.54, 1.807) is 0 Å². The minimum absolute atomic E-state index is 0.0489. The van der Waals surface area contributed by atoms with Crippen molar-refractivity contribution in [1.82, 2.24) is 15.6 Å². The van der Waals surface area contributed by atoms with Gasteiger partial charge in [0.2, 0.25) is 0 Å². The molecule has 2 N–H and O–H groups in total. The number of amides is 2. The predicted octanol–water partition coefficient (Wildman–Crippen LogP) is 3.56. The number of cyclic esters (lactones) is 1. The maximum Gasteiger partial charge on any atom is 0.573 e. The molecular weight excluding hydrogens is 464 g/mol. The Labute approximate surface area is 173 Å². The monoisotopic (exact) mass is 473 g/mol. The molecule has 3 rings (SSSR count). The first-order valence-electron chi connectivity index (χ1n) is 8.16. The number of ether oxygens (including phenoxy) is 2. The van der Waals surface area contributed by atoms with Gasteiger partial charge in [0.1, 0.15) is 17.7 Å². The zero-order valence-corrected chi connectivity index (χ0v) is 15.6. The van der Waals surface area contributed by atoms with Crippen LogP contribution in [0.4, 0.5) is 31.1 Å². The summed E-state index contributed by atoms with van der Waals surface area (Å²) in [6.45, 7) is -0.205. The van der Waals surface area contributed by atoms with Gasteiger partial charge in [-0.3, -0.25) is 4.79 Å². The van der Waals surface area contributed by atoms with Gasteiger partial charge in [0.05, 0.1) is 17.6 Å². The molecule has 1 aliphatic rings. The number of rotatable bonds is 5. The van der Waals surface area contributed by atoms with E-state index in [1.165, 1.54) is 0 Å². The second-order valence-corrected chi connectivity index (χ2v) is 6.44. The topological polar surface area (TPSA) is 103 Å². The standard InChI is InChI=1S/C16H10ClF6N3O5/c17-7-3-6(1-2-9(7)31-16(21,22)23)11(8-5-29-13(25-8)15(18,19)20)26-12(27)10-4-24-14(28)30-10/h1-3,5,10-11H,4H2,(H,24,28)(H,26,27)/t10-,11?/m0/s1. The Morgan fingerprint density at radius 2 is 2.00 bits per heavy atom. The fourth-order valence-corrected chi connectivity index (χ4v) is 2.78. The number of aromatic nitrogens is 1. The van der Waals surface area contributed by atoms with Crippen molar-refractivity contribution in [2.24, 2.45) is 0 Å². The van der Waals surface area contributed by atoms with Gasteiger partial charge in [0.15, 0.2) is 6.10 Å². The molecule has 1 unspecified atom stereocenters. The van der Waals surface area contributed by atoms with Crippen LogP contribution in [-0.2, 0) is 15.7 Å². The van der Waals surface area contributed by atoms with Crippen molar-refractivity contribution in [1.29, 1.82) is 0 Å². The number of alkyl carbamates (subject to hydrolysis) is 1. The van der Waals surface area contributed by atoms with E-state index in [1.807, 2.05) is 0 Å². The highest BCUT2D eigenvalue weighted by Crippen LogP contribution is 2.35. The molecule has 168 valence electrons. The van der Waals surface area contributed by atoms with Crippen LogP contribution in [0, 0.1) is 0 Å². The van der Waals surface area contributed by atoms with Gasteiger partial charge < -0.3 is 24.5 Å². The molecular formula is C16H10ClF6N3O5. The molecule has 0 spiro atoms. The Bertz CT molecular complexity index is 993. The van der Waals surface area contributed by atoms with Crippen LogP contribution in [0.15, 0.2) is 28.9 Å². The lowest BCUT2D eigenvalue weighted by Crippen LogP contribution is -2.39. The van der Waals surface area contributed by atoms with Crippen molar-refractivity contribution in [3.8, 4) is 5.75 Å². The molecule has 8 nitrogen and oxygen atoms in total. The SMILES string of the molecule is O=C1NC[C@@H](C(=O)NC(c2ccc(OC(F)(F)F)c(Cl)c2)c2coc(C(F)(F)F)n2)O1. The average Bonchev–Trinajstić information content (AvgIpc) is 3.29. The first-order valence-corrected chi connectivity index (χ1v) is 8.54. The van der Waals surface area contributed by atoms with Crippen LogP contribution in [-0.4, -0.2) is 36.0 Å². The van der Waals surface area contributed by atoms with Gasteiger partial charge in [0.25, 0.3) is 5.91 Å². The van der Waals surface area contributed by atoms with E-state index in [4.69, 9.17) is 16.3 Å². The van der Waals surface area contributed by atoms with Gasteiger partial charge in [-0.15, -0.1) is 13.2 Å². The summed E-state index contributed by atoms with van der Waals surface area (Å²) in [5.41, 5.74) is -0.481. The number of carbonyl (C=O) groups is 2. The smallest absolute Gasteiger partial charge is 0.441 e. The number of hydrogen-bond donors (Lipinski definition) is 2. The lowest BCUT2D eigenvalue weighted by atomic mass is 10.0. The minimum atomic E-state index is -5.04. The Hall–Kier alpha value is -3.16. The highest BCUT2D eigenvalue weighted by molar-refractivity contribution is 6.32. The lowest BCUT2D eigenvalue weighted by Gasteiger charge is -2.20. The number of oxazole rings is 1. The Kier molecular flexibility index (Phi) is 5.93. The summed E-state index contributed by atoms with van der Waals surface area (Å²) in [6, 6.07) is 1.34. The van der Waals surface area contributed by atoms with Crippen molar-refractivity contribution in [2.45, 2.75) is 24.7 Å². The summed E-state index contributed by atoms with van der Waals surface area (Å²) in [6.07, 6.45) is -11.5. The molecule has 31 heavy (non-hydrogen) atoms. The second kappa shape index (κ2) is 8.17. The molecule has 0 aliphatic carbocycles. The third-order valence-corrected chi connectivity index (χ3v) is 4.13. The quantitative estimate of drug-likeness (QED) is 0.644. The van der Waals surface area contributed by atoms with Gasteiger partial charge in [-0.1, -0.05) is 17.7 Å². The maximum atomic E-state index is 12.8. The van der Waals surface area contributed by atoms with E-state index >= 15 is 0 Å². The largest absolute Gasteiger partial charge is 0.573 e. The maximum absolute atomic E-state index is 12.8. The van der Waals surface area contributed by atoms with Crippen molar-refractivity contribution in [2.75, 3.05) is 6.54 Å². The zero-order valence-electron chi connectivity index (χ0n) is 14.8. The molecule has 0 bridgehead atoms. The molecule has 1 aromatic heterocycles. The second-order valence-electron chi connectivity index (χ2n) is 6.03. The van der Waals surface area contributed by atoms with E-state index in [0.717, 1.165) is 18.2 Å². The number of nitrogens with one attached hydrogen (secondary N) is 2. The van der Waals surface area contributed by atoms with Crippen LogP contribution in [0.1, 0.15) is 23.2 Å². The molecule has 2 amide bonds. The van der Waals surface area contributed by atoms with Gasteiger partial charge in [-0.25, -0.2) is 9.78 Å². The van der Waals surface area contributed by atoms with Crippen molar-refractivity contribution >= 4 is 23.6 Å². The Balaban J connectivity index is 1.93. The highest BCUT2D eigenvalue weighted by Gasteiger charge is 2.39. The third kappa shape index (κ3) is 5.51. The molecule has 2 aromatic rings. The summed E-state index contributed by atoms with van der Waals surface area (Å²) >= 11 is 5.79. The fourth-order valence-electron chi connectivity index (χ4n) is 2.55. The van der Waals surface area contributed by atoms with E-state index < -0.39 is 59.0 Å². The van der Waals surface area contributed by atoms with E-state index in [2.05, 4.69) is 24.8 Å². The van der Waals surface area contributed by atoms with Crippen LogP contribution in [0.25, 0.3) is 0 Å². The number of carbonyl (C=O) groups excluding carboxylic acids is 2. The molecule has 1 aromatic carbocycles. The summed E-state index contributed by atoms with van der Waals surface area (Å²) in [5, 5.41) is 3.98. The minimum Gasteiger partial charge on any atom is -0.441 e. The van der Waals surface area contributed by atoms with Crippen molar-refractivity contribution in [3.63, 3.8) is 0 Å². The number of nitrogens with zero attached hydrogens (tertiary/aromatic N) is 1. The third-order valence-electron chi connectivity index (χ3n) is 3.84. The summed E-state index contributed by atoms with van der Waals surface area (Å²) < 4.78 is 88.6. The molecule has 15 heteroatoms. The van der Waals surface area contributed by atoms with E-state index in [0.29, 0.717) is 6.26 Å². The molecule has 1 aliphatic heterocycles. The average molecular weight is 474 g/mol. The first-order chi connectivity index (χ1) is 14.3. The van der Waals surface area contributed by atoms with E-state index in [-0.39, 0.29) is 12.1 Å². The number of benzene rings is 1. The van der Waals surface area contributed by atoms with Gasteiger partial charge in [-0.2, -0.15) is 13.2 Å². The van der Waals surface area contributed by atoms with Crippen LogP contribution in [0.3, 0.4) is 0 Å². The van der Waals surface area contributed by atoms with Crippen molar-refractivity contribution < 1.29 is 49.8 Å². The lowest BCUT2D eigenvalue weighted by molar-refractivity contribution is -0.274. The Morgan fingerprint density at radius 1 is 1.29 bits per heavy atom. The van der Waals surface area contributed by atoms with E-state index in [9.17, 15) is 35.9 Å². The molecule has 2 atom stereocenters. The Morgan fingerprint density at radius 3 is 2.52 bits per heavy atom. The number of halogens is 7. The van der Waals surface area contributed by atoms with Crippen molar-refractivity contribution in [3.05, 3.63) is 46.6 Å². The van der Waals surface area contributed by atoms with Crippen LogP contribution < -0.4 is 15.4 Å². The molecule has 0 radical (unpaired) electrons. The number of hydrogen-bond acceptors (Lipinski definition) is 6. The molecule has 2 heterocycles. The summed E-state index contributed by atoms with van der Waals surface area (Å²) in [5.74, 6) is -3.29.